The molecule has 0 spiro atoms. The van der Waals surface area contributed by atoms with Gasteiger partial charge in [-0.15, -0.1) is 0 Å². The van der Waals surface area contributed by atoms with Crippen molar-refractivity contribution in [2.45, 2.75) is 24.7 Å². The van der Waals surface area contributed by atoms with Gasteiger partial charge in [0.2, 0.25) is 0 Å². The summed E-state index contributed by atoms with van der Waals surface area (Å²) in [5, 5.41) is 0. The van der Waals surface area contributed by atoms with Crippen molar-refractivity contribution in [1.29, 1.82) is 0 Å². The second kappa shape index (κ2) is 7.19. The van der Waals surface area contributed by atoms with Gasteiger partial charge < -0.3 is 0 Å². The van der Waals surface area contributed by atoms with E-state index in [0.29, 0.717) is 12.0 Å². The maximum absolute atomic E-state index is 11.4. The quantitative estimate of drug-likeness (QED) is 0.399. The van der Waals surface area contributed by atoms with Crippen LogP contribution in [0.15, 0.2) is 12.2 Å². The molecule has 94 valence electrons. The van der Waals surface area contributed by atoms with Crippen molar-refractivity contribution >= 4 is 5.97 Å². The third kappa shape index (κ3) is 3.68. The summed E-state index contributed by atoms with van der Waals surface area (Å²) >= 11 is -3.49. The van der Waals surface area contributed by atoms with E-state index in [-0.39, 0.29) is 0 Å². The van der Waals surface area contributed by atoms with Gasteiger partial charge >= 0.3 is 101 Å². The maximum atomic E-state index is 11.4. The molecule has 0 heterocycles. The molecule has 0 amide bonds. The zero-order valence-electron chi connectivity index (χ0n) is 10.5. The van der Waals surface area contributed by atoms with Gasteiger partial charge in [-0.1, -0.05) is 0 Å². The molecule has 0 aromatic rings. The van der Waals surface area contributed by atoms with Crippen molar-refractivity contribution in [1.82, 2.24) is 0 Å². The standard InChI is InChI=1S/C7H11O2.3CH3O.Ti/c1-4-5-9-7(8)6(2)3;3*1-2;/h5H,2,4H2,1,3H3;3*1H3;/q;3*-1;+3. The van der Waals surface area contributed by atoms with Crippen LogP contribution in [0.3, 0.4) is 0 Å². The predicted octanol–water partition coefficient (Wildman–Crippen LogP) is 1.68. The van der Waals surface area contributed by atoms with E-state index in [9.17, 15) is 4.79 Å². The zero-order valence-corrected chi connectivity index (χ0v) is 12.1. The molecule has 0 aliphatic heterocycles. The van der Waals surface area contributed by atoms with Crippen molar-refractivity contribution in [3.8, 4) is 0 Å². The molecule has 0 bridgehead atoms. The SMILES string of the molecule is C=C(C)C(=O)O[CH](CC)[Ti]([O]C)([O]C)[O]C. The van der Waals surface area contributed by atoms with Crippen molar-refractivity contribution in [2.75, 3.05) is 21.3 Å². The average Bonchev–Trinajstić information content (AvgIpc) is 2.29. The second-order valence-corrected chi connectivity index (χ2v) is 8.10. The first kappa shape index (κ1) is 15.8. The first-order chi connectivity index (χ1) is 7.47. The van der Waals surface area contributed by atoms with E-state index >= 15 is 0 Å². The Hall–Kier alpha value is -0.196. The monoisotopic (exact) mass is 268 g/mol. The van der Waals surface area contributed by atoms with Crippen LogP contribution in [0, 0.1) is 0 Å². The van der Waals surface area contributed by atoms with Gasteiger partial charge in [-0.3, -0.25) is 0 Å². The Morgan fingerprint density at radius 3 is 1.94 bits per heavy atom. The molecule has 1 unspecified atom stereocenters. The molecule has 16 heavy (non-hydrogen) atoms. The Balaban J connectivity index is 4.81. The van der Waals surface area contributed by atoms with Crippen LogP contribution < -0.4 is 0 Å². The molecule has 0 aliphatic rings. The van der Waals surface area contributed by atoms with E-state index in [0.717, 1.165) is 0 Å². The Labute approximate surface area is 101 Å². The van der Waals surface area contributed by atoms with E-state index in [2.05, 4.69) is 6.58 Å². The van der Waals surface area contributed by atoms with Gasteiger partial charge in [0, 0.05) is 0 Å². The van der Waals surface area contributed by atoms with Crippen LogP contribution >= 0.6 is 0 Å². The number of carbonyl (C=O) groups is 1. The minimum atomic E-state index is -3.49. The predicted molar refractivity (Wildman–Crippen MR) is 56.0 cm³/mol. The average molecular weight is 268 g/mol. The molecule has 0 N–H and O–H groups in total. The van der Waals surface area contributed by atoms with Gasteiger partial charge in [0.15, 0.2) is 0 Å². The van der Waals surface area contributed by atoms with E-state index in [1.165, 1.54) is 21.3 Å². The molecule has 6 heteroatoms. The van der Waals surface area contributed by atoms with Gasteiger partial charge in [-0.2, -0.15) is 0 Å². The third-order valence-corrected chi connectivity index (χ3v) is 6.94. The van der Waals surface area contributed by atoms with Crippen LogP contribution in [0.25, 0.3) is 0 Å². The van der Waals surface area contributed by atoms with Gasteiger partial charge in [-0.25, -0.2) is 0 Å². The second-order valence-electron chi connectivity index (χ2n) is 3.30. The minimum absolute atomic E-state index is 0.345. The molecule has 0 saturated carbocycles. The summed E-state index contributed by atoms with van der Waals surface area (Å²) in [6.07, 6.45) is 0.578. The number of esters is 1. The third-order valence-electron chi connectivity index (χ3n) is 2.22. The van der Waals surface area contributed by atoms with Crippen molar-refractivity contribution in [3.05, 3.63) is 12.2 Å². The van der Waals surface area contributed by atoms with E-state index in [1.54, 1.807) is 6.92 Å². The number of carbonyl (C=O) groups excluding carboxylic acids is 1. The van der Waals surface area contributed by atoms with Gasteiger partial charge in [0.1, 0.15) is 0 Å². The number of rotatable bonds is 7. The van der Waals surface area contributed by atoms with Crippen molar-refractivity contribution < 1.29 is 37.2 Å². The van der Waals surface area contributed by atoms with Gasteiger partial charge in [-0.05, 0) is 0 Å². The summed E-state index contributed by atoms with van der Waals surface area (Å²) in [5.41, 5.74) is 0.345. The fourth-order valence-corrected chi connectivity index (χ4v) is 4.47. The van der Waals surface area contributed by atoms with Gasteiger partial charge in [0.05, 0.1) is 0 Å². The van der Waals surface area contributed by atoms with Crippen LogP contribution in [0.5, 0.6) is 0 Å². The Kier molecular flexibility index (Phi) is 7.10. The van der Waals surface area contributed by atoms with Crippen molar-refractivity contribution in [2.24, 2.45) is 0 Å². The molecule has 0 radical (unpaired) electrons. The summed E-state index contributed by atoms with van der Waals surface area (Å²) in [6.45, 7) is 7.00. The zero-order chi connectivity index (χ0) is 12.8. The summed E-state index contributed by atoms with van der Waals surface area (Å²) in [4.78, 5) is 11.4. The van der Waals surface area contributed by atoms with E-state index in [4.69, 9.17) is 14.7 Å². The Morgan fingerprint density at radius 2 is 1.69 bits per heavy atom. The summed E-state index contributed by atoms with van der Waals surface area (Å²) in [5.74, 6) is -0.451. The van der Waals surface area contributed by atoms with E-state index in [1.807, 2.05) is 6.92 Å². The fraction of sp³-hybridized carbons (Fsp3) is 0.700. The summed E-state index contributed by atoms with van der Waals surface area (Å²) in [6, 6.07) is 0. The van der Waals surface area contributed by atoms with Crippen molar-refractivity contribution in [3.63, 3.8) is 0 Å². The van der Waals surface area contributed by atoms with Crippen LogP contribution in [0.2, 0.25) is 0 Å². The molecule has 0 rings (SSSR count). The Bertz CT molecular complexity index is 241. The van der Waals surface area contributed by atoms with Crippen LogP contribution in [0.4, 0.5) is 0 Å². The van der Waals surface area contributed by atoms with Gasteiger partial charge in [0.25, 0.3) is 0 Å². The molecule has 0 fully saturated rings. The van der Waals surface area contributed by atoms with Crippen LogP contribution in [-0.2, 0) is 37.2 Å². The molecule has 0 aromatic carbocycles. The fourth-order valence-electron chi connectivity index (χ4n) is 1.28. The molecule has 0 aromatic heterocycles. The number of hydrogen-bond donors (Lipinski definition) is 0. The first-order valence-corrected chi connectivity index (χ1v) is 7.80. The Morgan fingerprint density at radius 1 is 1.25 bits per heavy atom. The molecule has 1 atom stereocenters. The molecule has 5 nitrogen and oxygen atoms in total. The summed E-state index contributed by atoms with van der Waals surface area (Å²) in [7, 11) is 4.51. The molecular formula is C10H20O5Ti. The molecular weight excluding hydrogens is 248 g/mol. The van der Waals surface area contributed by atoms with Crippen LogP contribution in [0.1, 0.15) is 20.3 Å². The topological polar surface area (TPSA) is 54.0 Å². The van der Waals surface area contributed by atoms with Crippen LogP contribution in [-0.4, -0.2) is 31.7 Å². The molecule has 0 saturated heterocycles. The normalized spacial score (nSPS) is 13.3. The summed E-state index contributed by atoms with van der Waals surface area (Å²) < 4.78 is 20.7. The number of hydrogen-bond acceptors (Lipinski definition) is 5. The molecule has 0 aliphatic carbocycles. The number of ether oxygens (including phenoxy) is 1. The van der Waals surface area contributed by atoms with E-state index < -0.39 is 28.1 Å². The first-order valence-electron chi connectivity index (χ1n) is 4.99.